The first-order valence-electron chi connectivity index (χ1n) is 7.48. The number of ether oxygens (including phenoxy) is 1. The van der Waals surface area contributed by atoms with Gasteiger partial charge in [0.25, 0.3) is 0 Å². The molecule has 4 heteroatoms. The monoisotopic (exact) mass is 292 g/mol. The van der Waals surface area contributed by atoms with Gasteiger partial charge in [-0.25, -0.2) is 4.79 Å². The summed E-state index contributed by atoms with van der Waals surface area (Å²) in [6.07, 6.45) is 1.91. The third-order valence-electron chi connectivity index (χ3n) is 3.04. The molecule has 0 spiro atoms. The van der Waals surface area contributed by atoms with Crippen molar-refractivity contribution in [1.29, 1.82) is 0 Å². The van der Waals surface area contributed by atoms with Gasteiger partial charge in [0.1, 0.15) is 5.60 Å². The van der Waals surface area contributed by atoms with E-state index >= 15 is 0 Å². The molecule has 0 atom stereocenters. The number of benzene rings is 1. The van der Waals surface area contributed by atoms with Crippen LogP contribution >= 0.6 is 0 Å². The highest BCUT2D eigenvalue weighted by Gasteiger charge is 2.19. The van der Waals surface area contributed by atoms with Gasteiger partial charge in [-0.1, -0.05) is 24.3 Å². The molecule has 0 heterocycles. The molecule has 0 bridgehead atoms. The average Bonchev–Trinajstić information content (AvgIpc) is 2.39. The van der Waals surface area contributed by atoms with Crippen LogP contribution in [0.15, 0.2) is 24.3 Å². The van der Waals surface area contributed by atoms with Gasteiger partial charge in [-0.05, 0) is 58.3 Å². The molecule has 1 amide bonds. The zero-order chi connectivity index (χ0) is 15.9. The molecule has 21 heavy (non-hydrogen) atoms. The van der Waals surface area contributed by atoms with E-state index in [1.807, 2.05) is 27.8 Å². The summed E-state index contributed by atoms with van der Waals surface area (Å²) in [6.45, 7) is 7.21. The second-order valence-corrected chi connectivity index (χ2v) is 6.36. The summed E-state index contributed by atoms with van der Waals surface area (Å²) >= 11 is 0. The molecule has 1 rings (SSSR count). The van der Waals surface area contributed by atoms with E-state index in [2.05, 4.69) is 29.6 Å². The molecule has 0 aliphatic rings. The van der Waals surface area contributed by atoms with Crippen LogP contribution in [0.4, 0.5) is 4.79 Å². The Morgan fingerprint density at radius 2 is 1.76 bits per heavy atom. The van der Waals surface area contributed by atoms with E-state index in [1.165, 1.54) is 5.56 Å². The van der Waals surface area contributed by atoms with Crippen molar-refractivity contribution in [2.24, 2.45) is 0 Å². The molecule has 118 valence electrons. The number of nitrogens with zero attached hydrogens (tertiary/aromatic N) is 1. The molecule has 0 aliphatic carbocycles. The maximum Gasteiger partial charge on any atom is 0.410 e. The Labute approximate surface area is 128 Å². The minimum absolute atomic E-state index is 0.291. The summed E-state index contributed by atoms with van der Waals surface area (Å²) in [4.78, 5) is 13.5. The van der Waals surface area contributed by atoms with E-state index in [1.54, 1.807) is 11.9 Å². The maximum atomic E-state index is 11.9. The lowest BCUT2D eigenvalue weighted by atomic mass is 10.1. The number of carbonyl (C=O) groups is 1. The van der Waals surface area contributed by atoms with Crippen molar-refractivity contribution in [3.63, 3.8) is 0 Å². The Bertz CT molecular complexity index is 435. The lowest BCUT2D eigenvalue weighted by Gasteiger charge is -2.24. The Morgan fingerprint density at radius 1 is 1.19 bits per heavy atom. The van der Waals surface area contributed by atoms with Crippen LogP contribution in [0.2, 0.25) is 0 Å². The van der Waals surface area contributed by atoms with Gasteiger partial charge in [-0.3, -0.25) is 0 Å². The fourth-order valence-electron chi connectivity index (χ4n) is 1.96. The summed E-state index contributed by atoms with van der Waals surface area (Å²) in [6, 6.07) is 8.42. The van der Waals surface area contributed by atoms with Crippen LogP contribution in [0.1, 0.15) is 38.3 Å². The largest absolute Gasteiger partial charge is 0.444 e. The van der Waals surface area contributed by atoms with Crippen molar-refractivity contribution in [1.82, 2.24) is 10.2 Å². The molecule has 0 unspecified atom stereocenters. The lowest BCUT2D eigenvalue weighted by Crippen LogP contribution is -2.33. The second-order valence-electron chi connectivity index (χ2n) is 6.36. The normalized spacial score (nSPS) is 11.3. The lowest BCUT2D eigenvalue weighted by molar-refractivity contribution is 0.0285. The van der Waals surface area contributed by atoms with E-state index in [0.29, 0.717) is 6.54 Å². The fraction of sp³-hybridized carbons (Fsp3) is 0.588. The highest BCUT2D eigenvalue weighted by atomic mass is 16.6. The predicted octanol–water partition coefficient (Wildman–Crippen LogP) is 3.21. The van der Waals surface area contributed by atoms with Crippen LogP contribution in [0.3, 0.4) is 0 Å². The first-order valence-corrected chi connectivity index (χ1v) is 7.48. The summed E-state index contributed by atoms with van der Waals surface area (Å²) in [5, 5.41) is 3.15. The quantitative estimate of drug-likeness (QED) is 0.819. The minimum atomic E-state index is -0.456. The van der Waals surface area contributed by atoms with Crippen LogP contribution in [-0.4, -0.2) is 37.2 Å². The summed E-state index contributed by atoms with van der Waals surface area (Å²) < 4.78 is 5.34. The van der Waals surface area contributed by atoms with Gasteiger partial charge in [0.05, 0.1) is 0 Å². The van der Waals surface area contributed by atoms with E-state index in [0.717, 1.165) is 24.9 Å². The molecule has 0 aliphatic heterocycles. The summed E-state index contributed by atoms with van der Waals surface area (Å²) in [5.74, 6) is 0. The summed E-state index contributed by atoms with van der Waals surface area (Å²) in [5.41, 5.74) is 1.98. The highest BCUT2D eigenvalue weighted by Crippen LogP contribution is 2.12. The van der Waals surface area contributed by atoms with Gasteiger partial charge in [0, 0.05) is 13.6 Å². The van der Waals surface area contributed by atoms with Crippen molar-refractivity contribution in [2.45, 2.75) is 45.8 Å². The van der Waals surface area contributed by atoms with Crippen molar-refractivity contribution >= 4 is 6.09 Å². The molecule has 0 fully saturated rings. The first kappa shape index (κ1) is 17.5. The van der Waals surface area contributed by atoms with E-state index in [-0.39, 0.29) is 6.09 Å². The number of aryl methyl sites for hydroxylation is 1. The third kappa shape index (κ3) is 7.14. The van der Waals surface area contributed by atoms with Gasteiger partial charge >= 0.3 is 6.09 Å². The van der Waals surface area contributed by atoms with Crippen LogP contribution < -0.4 is 5.32 Å². The molecule has 0 saturated carbocycles. The SMILES string of the molecule is CNCCCc1ccc(CN(C)C(=O)OC(C)(C)C)cc1. The zero-order valence-electron chi connectivity index (χ0n) is 13.9. The third-order valence-corrected chi connectivity index (χ3v) is 3.04. The van der Waals surface area contributed by atoms with E-state index in [9.17, 15) is 4.79 Å². The first-order chi connectivity index (χ1) is 9.81. The van der Waals surface area contributed by atoms with Gasteiger partial charge in [-0.2, -0.15) is 0 Å². The minimum Gasteiger partial charge on any atom is -0.444 e. The molecule has 0 radical (unpaired) electrons. The topological polar surface area (TPSA) is 41.6 Å². The van der Waals surface area contributed by atoms with Gasteiger partial charge in [0.15, 0.2) is 0 Å². The van der Waals surface area contributed by atoms with Crippen LogP contribution in [-0.2, 0) is 17.7 Å². The van der Waals surface area contributed by atoms with Gasteiger partial charge in [0.2, 0.25) is 0 Å². The van der Waals surface area contributed by atoms with Crippen molar-refractivity contribution in [2.75, 3.05) is 20.6 Å². The molecule has 1 aromatic carbocycles. The van der Waals surface area contributed by atoms with Gasteiger partial charge in [-0.15, -0.1) is 0 Å². The smallest absolute Gasteiger partial charge is 0.410 e. The number of nitrogens with one attached hydrogen (secondary N) is 1. The average molecular weight is 292 g/mol. The van der Waals surface area contributed by atoms with Crippen molar-refractivity contribution in [3.05, 3.63) is 35.4 Å². The Balaban J connectivity index is 2.49. The van der Waals surface area contributed by atoms with Crippen LogP contribution in [0.5, 0.6) is 0 Å². The predicted molar refractivity (Wildman–Crippen MR) is 86.4 cm³/mol. The number of rotatable bonds is 6. The molecule has 0 aromatic heterocycles. The Kier molecular flexibility index (Phi) is 6.69. The number of hydrogen-bond donors (Lipinski definition) is 1. The highest BCUT2D eigenvalue weighted by molar-refractivity contribution is 5.67. The molecule has 1 aromatic rings. The van der Waals surface area contributed by atoms with Crippen LogP contribution in [0.25, 0.3) is 0 Å². The Hall–Kier alpha value is -1.55. The number of carbonyl (C=O) groups excluding carboxylic acids is 1. The van der Waals surface area contributed by atoms with Gasteiger partial charge < -0.3 is 15.0 Å². The summed E-state index contributed by atoms with van der Waals surface area (Å²) in [7, 11) is 3.73. The maximum absolute atomic E-state index is 11.9. The second kappa shape index (κ2) is 8.03. The number of amides is 1. The molecular weight excluding hydrogens is 264 g/mol. The van der Waals surface area contributed by atoms with Crippen molar-refractivity contribution < 1.29 is 9.53 Å². The molecule has 4 nitrogen and oxygen atoms in total. The molecule has 1 N–H and O–H groups in total. The molecular formula is C17H28N2O2. The standard InChI is InChI=1S/C17H28N2O2/c1-17(2,3)21-16(20)19(5)13-15-10-8-14(9-11-15)7-6-12-18-4/h8-11,18H,6-7,12-13H2,1-5H3. The Morgan fingerprint density at radius 3 is 2.29 bits per heavy atom. The number of hydrogen-bond acceptors (Lipinski definition) is 3. The van der Waals surface area contributed by atoms with Crippen molar-refractivity contribution in [3.8, 4) is 0 Å². The van der Waals surface area contributed by atoms with E-state index in [4.69, 9.17) is 4.74 Å². The van der Waals surface area contributed by atoms with Crippen LogP contribution in [0, 0.1) is 0 Å². The zero-order valence-corrected chi connectivity index (χ0v) is 13.9. The molecule has 0 saturated heterocycles. The van der Waals surface area contributed by atoms with E-state index < -0.39 is 5.60 Å². The fourth-order valence-corrected chi connectivity index (χ4v) is 1.96.